The number of carboxylic acids is 1. The molecule has 3 rings (SSSR count). The van der Waals surface area contributed by atoms with Gasteiger partial charge in [-0.25, -0.2) is 13.9 Å². The Kier molecular flexibility index (Phi) is 9.23. The Labute approximate surface area is 210 Å². The molecule has 210 valence electrons. The first-order chi connectivity index (χ1) is 17.0. The van der Waals surface area contributed by atoms with Gasteiger partial charge in [-0.3, -0.25) is 23.4 Å². The number of aliphatic hydroxyl groups excluding tert-OH is 5. The van der Waals surface area contributed by atoms with Gasteiger partial charge in [0, 0.05) is 12.3 Å². The van der Waals surface area contributed by atoms with Gasteiger partial charge < -0.3 is 49.9 Å². The summed E-state index contributed by atoms with van der Waals surface area (Å²) in [6, 6.07) is 1.04. The zero-order valence-corrected chi connectivity index (χ0v) is 20.7. The molecule has 1 aromatic heterocycles. The summed E-state index contributed by atoms with van der Waals surface area (Å²) in [5.74, 6) is -1.84. The fraction of sp³-hybridized carbons (Fsp3) is 0.667. The normalized spacial score (nSPS) is 37.5. The van der Waals surface area contributed by atoms with Crippen LogP contribution in [0.25, 0.3) is 0 Å². The maximum atomic E-state index is 12.2. The average Bonchev–Trinajstić information content (AvgIpc) is 3.05. The first kappa shape index (κ1) is 30.1. The number of carboxylic acid groups (broad SMARTS) is 1. The van der Waals surface area contributed by atoms with E-state index in [1.807, 2.05) is 0 Å². The summed E-state index contributed by atoms with van der Waals surface area (Å²) >= 11 is 4.94. The van der Waals surface area contributed by atoms with E-state index < -0.39 is 89.0 Å². The Hall–Kier alpha value is -1.45. The molecule has 2 saturated heterocycles. The molecule has 2 unspecified atom stereocenters. The molecule has 3 heterocycles. The molecule has 2 aliphatic rings. The van der Waals surface area contributed by atoms with Crippen LogP contribution in [-0.4, -0.2) is 112 Å². The smallest absolute Gasteiger partial charge is 0.479 e. The predicted octanol–water partition coefficient (Wildman–Crippen LogP) is -3.33. The Morgan fingerprint density at radius 2 is 1.68 bits per heavy atom. The second kappa shape index (κ2) is 11.3. The second-order valence-corrected chi connectivity index (χ2v) is 11.1. The van der Waals surface area contributed by atoms with Crippen LogP contribution in [-0.2, 0) is 36.8 Å². The number of H-pyrrole nitrogens is 1. The Morgan fingerprint density at radius 1 is 1.03 bits per heavy atom. The molecule has 9 N–H and O–H groups in total. The van der Waals surface area contributed by atoms with Crippen LogP contribution in [0.1, 0.15) is 6.23 Å². The van der Waals surface area contributed by atoms with E-state index in [2.05, 4.69) is 23.1 Å². The number of aromatic amines is 1. The van der Waals surface area contributed by atoms with E-state index in [9.17, 15) is 54.0 Å². The third-order valence-electron chi connectivity index (χ3n) is 5.12. The quantitative estimate of drug-likeness (QED) is 0.0994. The van der Waals surface area contributed by atoms with Crippen molar-refractivity contribution in [3.63, 3.8) is 0 Å². The number of hydrogen-bond donors (Lipinski definition) is 9. The largest absolute Gasteiger partial charge is 0.483 e. The fourth-order valence-electron chi connectivity index (χ4n) is 3.34. The molecule has 0 aromatic carbocycles. The van der Waals surface area contributed by atoms with Gasteiger partial charge in [-0.05, 0) is 12.2 Å². The molecule has 2 aliphatic heterocycles. The molecule has 0 radical (unpaired) electrons. The first-order valence-electron chi connectivity index (χ1n) is 9.98. The van der Waals surface area contributed by atoms with Crippen LogP contribution < -0.4 is 5.56 Å². The van der Waals surface area contributed by atoms with Crippen LogP contribution in [0.5, 0.6) is 0 Å². The lowest BCUT2D eigenvalue weighted by atomic mass is 9.99. The summed E-state index contributed by atoms with van der Waals surface area (Å²) < 4.78 is 48.1. The second-order valence-electron chi connectivity index (χ2n) is 7.72. The number of rotatable bonds is 9. The van der Waals surface area contributed by atoms with E-state index in [0.29, 0.717) is 0 Å². The van der Waals surface area contributed by atoms with Gasteiger partial charge in [0.2, 0.25) is 0 Å². The van der Waals surface area contributed by atoms with Crippen molar-refractivity contribution in [1.29, 1.82) is 0 Å². The molecule has 1 aromatic rings. The van der Waals surface area contributed by atoms with Crippen LogP contribution in [0.15, 0.2) is 17.1 Å². The highest BCUT2D eigenvalue weighted by molar-refractivity contribution is 7.71. The van der Waals surface area contributed by atoms with Gasteiger partial charge >= 0.3 is 21.6 Å². The minimum Gasteiger partial charge on any atom is -0.479 e. The number of hydrogen-bond acceptors (Lipinski definition) is 15. The monoisotopic (exact) mass is 596 g/mol. The summed E-state index contributed by atoms with van der Waals surface area (Å²) in [4.78, 5) is 44.2. The van der Waals surface area contributed by atoms with Crippen molar-refractivity contribution in [2.75, 3.05) is 6.61 Å². The molecule has 0 saturated carbocycles. The highest BCUT2D eigenvalue weighted by Crippen LogP contribution is 2.61. The molecule has 19 nitrogen and oxygen atoms in total. The number of carbonyl (C=O) groups is 1. The lowest BCUT2D eigenvalue weighted by molar-refractivity contribution is -0.274. The number of phosphoric acid groups is 2. The van der Waals surface area contributed by atoms with E-state index in [1.165, 1.54) is 0 Å². The van der Waals surface area contributed by atoms with Crippen LogP contribution in [0.4, 0.5) is 0 Å². The SMILES string of the molecule is O=C(O)[C@H]1O[C@H](OP(=O)(O)OP(=O)(O)OC[C@H]2O[C@@H](n3ccc(=O)[nH]c3=S)[C@H](O)[C@@H]2O)[C@H](O)[C@@H](O)[C@@H]1O. The number of aliphatic carboxylic acids is 1. The Morgan fingerprint density at radius 3 is 2.27 bits per heavy atom. The van der Waals surface area contributed by atoms with Gasteiger partial charge in [-0.15, -0.1) is 0 Å². The van der Waals surface area contributed by atoms with Crippen LogP contribution in [0, 0.1) is 4.77 Å². The summed E-state index contributed by atoms with van der Waals surface area (Å²) in [5.41, 5.74) is -0.557. The zero-order valence-electron chi connectivity index (χ0n) is 18.1. The number of nitrogens with one attached hydrogen (secondary N) is 1. The summed E-state index contributed by atoms with van der Waals surface area (Å²) in [7, 11) is -11.2. The number of ether oxygens (including phenoxy) is 2. The molecule has 0 amide bonds. The standard InChI is InChI=1S/C15H22N2O17P2S/c18-5-1-2-17(15(37)16-5)12-9(22)6(19)4(31-12)3-30-35(26,27)34-36(28,29)33-14-10(23)7(20)8(21)11(32-14)13(24)25/h1-2,4,6-12,14,19-23H,3H2,(H,24,25)(H,26,27)(H,28,29)(H,16,18,37)/t4-,6-,7+,8+,9-,10-,11+,12-,14-/m1/s1. The molecule has 2 fully saturated rings. The van der Waals surface area contributed by atoms with Crippen LogP contribution in [0.3, 0.4) is 0 Å². The van der Waals surface area contributed by atoms with Crippen molar-refractivity contribution in [1.82, 2.24) is 9.55 Å². The van der Waals surface area contributed by atoms with Gasteiger partial charge in [0.1, 0.15) is 36.6 Å². The van der Waals surface area contributed by atoms with E-state index >= 15 is 0 Å². The summed E-state index contributed by atoms with van der Waals surface area (Å²) in [6.45, 7) is -1.01. The van der Waals surface area contributed by atoms with Crippen molar-refractivity contribution < 1.29 is 77.2 Å². The first-order valence-corrected chi connectivity index (χ1v) is 13.4. The van der Waals surface area contributed by atoms with Crippen LogP contribution >= 0.6 is 27.9 Å². The third kappa shape index (κ3) is 6.95. The maximum Gasteiger partial charge on any atom is 0.483 e. The van der Waals surface area contributed by atoms with Gasteiger partial charge in [-0.2, -0.15) is 4.31 Å². The van der Waals surface area contributed by atoms with Crippen molar-refractivity contribution in [3.8, 4) is 0 Å². The van der Waals surface area contributed by atoms with E-state index in [0.717, 1.165) is 16.8 Å². The van der Waals surface area contributed by atoms with Crippen molar-refractivity contribution in [2.24, 2.45) is 0 Å². The van der Waals surface area contributed by atoms with E-state index in [-0.39, 0.29) is 4.77 Å². The molecular formula is C15H22N2O17P2S. The van der Waals surface area contributed by atoms with Gasteiger partial charge in [0.25, 0.3) is 5.56 Å². The fourth-order valence-corrected chi connectivity index (χ4v) is 5.76. The third-order valence-corrected chi connectivity index (χ3v) is 8.03. The minimum atomic E-state index is -5.70. The molecule has 0 bridgehead atoms. The molecule has 0 spiro atoms. The maximum absolute atomic E-state index is 12.2. The highest BCUT2D eigenvalue weighted by Gasteiger charge is 2.51. The number of aliphatic hydroxyl groups is 5. The Balaban J connectivity index is 1.63. The molecule has 0 aliphatic carbocycles. The van der Waals surface area contributed by atoms with Crippen molar-refractivity contribution >= 4 is 33.8 Å². The van der Waals surface area contributed by atoms with E-state index in [1.54, 1.807) is 0 Å². The molecule has 37 heavy (non-hydrogen) atoms. The molecular weight excluding hydrogens is 574 g/mol. The summed E-state index contributed by atoms with van der Waals surface area (Å²) in [6.07, 6.45) is -16.4. The van der Waals surface area contributed by atoms with Crippen molar-refractivity contribution in [3.05, 3.63) is 27.4 Å². The topological polar surface area (TPSA) is 297 Å². The van der Waals surface area contributed by atoms with Gasteiger partial charge in [0.15, 0.2) is 23.4 Å². The van der Waals surface area contributed by atoms with Crippen molar-refractivity contribution in [2.45, 2.75) is 55.2 Å². The average molecular weight is 596 g/mol. The minimum absolute atomic E-state index is 0.185. The lowest BCUT2D eigenvalue weighted by Gasteiger charge is -2.38. The molecule has 22 heteroatoms. The van der Waals surface area contributed by atoms with Gasteiger partial charge in [-0.1, -0.05) is 0 Å². The summed E-state index contributed by atoms with van der Waals surface area (Å²) in [5, 5.41) is 58.5. The van der Waals surface area contributed by atoms with E-state index in [4.69, 9.17) is 22.1 Å². The zero-order chi connectivity index (χ0) is 27.9. The number of aromatic nitrogens is 2. The molecule has 11 atom stereocenters. The van der Waals surface area contributed by atoms with Gasteiger partial charge in [0.05, 0.1) is 6.61 Å². The number of nitrogens with zero attached hydrogens (tertiary/aromatic N) is 1. The predicted molar refractivity (Wildman–Crippen MR) is 114 cm³/mol. The Bertz CT molecular complexity index is 1210. The highest BCUT2D eigenvalue weighted by atomic mass is 32.1. The van der Waals surface area contributed by atoms with Crippen LogP contribution in [0.2, 0.25) is 0 Å². The lowest BCUT2D eigenvalue weighted by Crippen LogP contribution is -2.60. The number of phosphoric ester groups is 2.